The predicted octanol–water partition coefficient (Wildman–Crippen LogP) is 3.12. The predicted molar refractivity (Wildman–Crippen MR) is 125 cm³/mol. The zero-order valence-corrected chi connectivity index (χ0v) is 19.3. The fourth-order valence-electron chi connectivity index (χ4n) is 5.12. The molecule has 0 saturated carbocycles. The van der Waals surface area contributed by atoms with Gasteiger partial charge in [0.2, 0.25) is 0 Å². The maximum absolute atomic E-state index is 13.0. The highest BCUT2D eigenvalue weighted by Gasteiger charge is 2.32. The number of fused-ring (bicyclic) bond motifs is 1. The number of Topliss-reactive ketones (excluding diaryl/α,β-unsaturated/α-hetero) is 1. The second-order valence-corrected chi connectivity index (χ2v) is 9.52. The highest BCUT2D eigenvalue weighted by molar-refractivity contribution is 6.41. The van der Waals surface area contributed by atoms with Gasteiger partial charge in [0.25, 0.3) is 11.7 Å². The molecule has 2 aromatic rings. The number of carbonyl (C=O) groups excluding carboxylic acids is 2. The molecule has 1 amide bonds. The van der Waals surface area contributed by atoms with Crippen molar-refractivity contribution in [3.05, 3.63) is 59.5 Å². The fraction of sp³-hybridized carbons (Fsp3) is 0.538. The summed E-state index contributed by atoms with van der Waals surface area (Å²) in [6.45, 7) is 4.27. The Morgan fingerprint density at radius 2 is 1.69 bits per heavy atom. The molecular formula is C26H35N3O3. The van der Waals surface area contributed by atoms with Crippen molar-refractivity contribution in [1.82, 2.24) is 14.7 Å². The summed E-state index contributed by atoms with van der Waals surface area (Å²) in [6.07, 6.45) is 6.72. The number of furan rings is 1. The zero-order valence-electron chi connectivity index (χ0n) is 19.3. The Morgan fingerprint density at radius 3 is 2.28 bits per heavy atom. The Balaban J connectivity index is 1.32. The zero-order chi connectivity index (χ0) is 22.5. The third-order valence-corrected chi connectivity index (χ3v) is 6.93. The van der Waals surface area contributed by atoms with Crippen LogP contribution in [0.3, 0.4) is 0 Å². The molecule has 6 nitrogen and oxygen atoms in total. The van der Waals surface area contributed by atoms with Crippen LogP contribution in [0.25, 0.3) is 0 Å². The minimum Gasteiger partial charge on any atom is -0.461 e. The Morgan fingerprint density at radius 1 is 1.00 bits per heavy atom. The van der Waals surface area contributed by atoms with Crippen LogP contribution >= 0.6 is 0 Å². The van der Waals surface area contributed by atoms with Crippen LogP contribution in [0.1, 0.15) is 40.9 Å². The lowest BCUT2D eigenvalue weighted by atomic mass is 9.94. The van der Waals surface area contributed by atoms with Crippen molar-refractivity contribution in [3.8, 4) is 0 Å². The standard InChI is InChI=1S/C26H35N3O3/c1-27(2)12-6-13-29(26(31)25(30)24-9-5-16-32-24)19-20-10-14-28(15-11-20)23-17-21-7-3-4-8-22(21)18-23/h3-5,7-9,16,20,23H,6,10-15,17-19H2,1-2H3. The summed E-state index contributed by atoms with van der Waals surface area (Å²) in [6, 6.07) is 12.6. The minimum absolute atomic E-state index is 0.128. The van der Waals surface area contributed by atoms with Gasteiger partial charge in [-0.25, -0.2) is 0 Å². The van der Waals surface area contributed by atoms with Gasteiger partial charge in [0, 0.05) is 19.1 Å². The fourth-order valence-corrected chi connectivity index (χ4v) is 5.12. The molecule has 0 unspecified atom stereocenters. The summed E-state index contributed by atoms with van der Waals surface area (Å²) in [4.78, 5) is 32.1. The van der Waals surface area contributed by atoms with E-state index in [0.717, 1.165) is 51.7 Å². The van der Waals surface area contributed by atoms with Crippen LogP contribution < -0.4 is 0 Å². The van der Waals surface area contributed by atoms with Crippen molar-refractivity contribution in [1.29, 1.82) is 0 Å². The Hall–Kier alpha value is -2.44. The summed E-state index contributed by atoms with van der Waals surface area (Å²) in [5.74, 6) is -0.417. The molecule has 0 radical (unpaired) electrons. The first kappa shape index (κ1) is 22.7. The molecule has 0 spiro atoms. The van der Waals surface area contributed by atoms with E-state index in [9.17, 15) is 9.59 Å². The minimum atomic E-state index is -0.541. The van der Waals surface area contributed by atoms with E-state index in [0.29, 0.717) is 25.0 Å². The summed E-state index contributed by atoms with van der Waals surface area (Å²) in [7, 11) is 4.05. The molecule has 32 heavy (non-hydrogen) atoms. The maximum atomic E-state index is 13.0. The summed E-state index contributed by atoms with van der Waals surface area (Å²) in [5, 5.41) is 0. The van der Waals surface area contributed by atoms with Crippen molar-refractivity contribution in [2.75, 3.05) is 46.8 Å². The number of rotatable bonds is 9. The van der Waals surface area contributed by atoms with E-state index < -0.39 is 11.7 Å². The number of likely N-dealkylation sites (tertiary alicyclic amines) is 1. The van der Waals surface area contributed by atoms with Crippen LogP contribution in [-0.2, 0) is 17.6 Å². The van der Waals surface area contributed by atoms with Crippen LogP contribution in [0, 0.1) is 5.92 Å². The Bertz CT molecular complexity index is 876. The van der Waals surface area contributed by atoms with E-state index in [4.69, 9.17) is 4.42 Å². The summed E-state index contributed by atoms with van der Waals surface area (Å²) < 4.78 is 5.19. The normalized spacial score (nSPS) is 17.6. The second kappa shape index (κ2) is 10.5. The quantitative estimate of drug-likeness (QED) is 0.446. The SMILES string of the molecule is CN(C)CCCN(CC1CCN(C2Cc3ccccc3C2)CC1)C(=O)C(=O)c1ccco1. The Labute approximate surface area is 191 Å². The van der Waals surface area contributed by atoms with Crippen molar-refractivity contribution in [3.63, 3.8) is 0 Å². The van der Waals surface area contributed by atoms with Crippen LogP contribution in [0.5, 0.6) is 0 Å². The number of nitrogens with zero attached hydrogens (tertiary/aromatic N) is 3. The third kappa shape index (κ3) is 5.48. The smallest absolute Gasteiger partial charge is 0.298 e. The molecule has 1 aromatic carbocycles. The topological polar surface area (TPSA) is 57.0 Å². The number of ketones is 1. The first-order valence-corrected chi connectivity index (χ1v) is 11.8. The molecule has 1 aliphatic carbocycles. The first-order chi connectivity index (χ1) is 15.5. The lowest BCUT2D eigenvalue weighted by Crippen LogP contribution is -2.46. The van der Waals surface area contributed by atoms with E-state index in [1.54, 1.807) is 17.0 Å². The van der Waals surface area contributed by atoms with Gasteiger partial charge in [-0.2, -0.15) is 0 Å². The van der Waals surface area contributed by atoms with Gasteiger partial charge >= 0.3 is 0 Å². The molecule has 1 aromatic heterocycles. The van der Waals surface area contributed by atoms with E-state index in [-0.39, 0.29) is 5.76 Å². The number of carbonyl (C=O) groups is 2. The largest absolute Gasteiger partial charge is 0.461 e. The molecule has 6 heteroatoms. The van der Waals surface area contributed by atoms with E-state index in [2.05, 4.69) is 34.1 Å². The van der Waals surface area contributed by atoms with Crippen LogP contribution in [-0.4, -0.2) is 79.3 Å². The van der Waals surface area contributed by atoms with Crippen molar-refractivity contribution in [2.45, 2.75) is 38.1 Å². The van der Waals surface area contributed by atoms with Crippen molar-refractivity contribution < 1.29 is 14.0 Å². The second-order valence-electron chi connectivity index (χ2n) is 9.52. The molecule has 172 valence electrons. The summed E-state index contributed by atoms with van der Waals surface area (Å²) in [5.41, 5.74) is 2.99. The third-order valence-electron chi connectivity index (χ3n) is 6.93. The van der Waals surface area contributed by atoms with E-state index in [1.165, 1.54) is 17.4 Å². The molecule has 1 fully saturated rings. The number of piperidine rings is 1. The molecule has 0 N–H and O–H groups in total. The lowest BCUT2D eigenvalue weighted by Gasteiger charge is -2.37. The van der Waals surface area contributed by atoms with Gasteiger partial charge < -0.3 is 14.2 Å². The van der Waals surface area contributed by atoms with Crippen molar-refractivity contribution >= 4 is 11.7 Å². The van der Waals surface area contributed by atoms with Gasteiger partial charge in [-0.3, -0.25) is 14.5 Å². The van der Waals surface area contributed by atoms with Crippen LogP contribution in [0.4, 0.5) is 0 Å². The number of benzene rings is 1. The van der Waals surface area contributed by atoms with Gasteiger partial charge in [-0.1, -0.05) is 24.3 Å². The molecule has 0 atom stereocenters. The number of amides is 1. The van der Waals surface area contributed by atoms with Gasteiger partial charge in [-0.05, 0) is 95.0 Å². The molecule has 2 heterocycles. The van der Waals surface area contributed by atoms with Crippen LogP contribution in [0.2, 0.25) is 0 Å². The highest BCUT2D eigenvalue weighted by atomic mass is 16.3. The summed E-state index contributed by atoms with van der Waals surface area (Å²) >= 11 is 0. The molecule has 1 saturated heterocycles. The average molecular weight is 438 g/mol. The van der Waals surface area contributed by atoms with Gasteiger partial charge in [0.05, 0.1) is 6.26 Å². The molecule has 0 bridgehead atoms. The van der Waals surface area contributed by atoms with Crippen molar-refractivity contribution in [2.24, 2.45) is 5.92 Å². The highest BCUT2D eigenvalue weighted by Crippen LogP contribution is 2.29. The van der Waals surface area contributed by atoms with E-state index in [1.807, 2.05) is 14.1 Å². The monoisotopic (exact) mass is 437 g/mol. The molecule has 4 rings (SSSR count). The number of hydrogen-bond acceptors (Lipinski definition) is 5. The lowest BCUT2D eigenvalue weighted by molar-refractivity contribution is -0.127. The van der Waals surface area contributed by atoms with E-state index >= 15 is 0 Å². The molecule has 2 aliphatic rings. The number of hydrogen-bond donors (Lipinski definition) is 0. The average Bonchev–Trinajstić information content (AvgIpc) is 3.48. The Kier molecular flexibility index (Phi) is 7.43. The van der Waals surface area contributed by atoms with Gasteiger partial charge in [-0.15, -0.1) is 0 Å². The molecular weight excluding hydrogens is 402 g/mol. The van der Waals surface area contributed by atoms with Crippen LogP contribution in [0.15, 0.2) is 47.1 Å². The first-order valence-electron chi connectivity index (χ1n) is 11.8. The molecule has 1 aliphatic heterocycles. The van der Waals surface area contributed by atoms with Gasteiger partial charge in [0.1, 0.15) is 0 Å². The maximum Gasteiger partial charge on any atom is 0.298 e. The van der Waals surface area contributed by atoms with Gasteiger partial charge in [0.15, 0.2) is 5.76 Å².